The van der Waals surface area contributed by atoms with E-state index >= 15 is 0 Å². The van der Waals surface area contributed by atoms with Crippen LogP contribution in [0.2, 0.25) is 0 Å². The van der Waals surface area contributed by atoms with E-state index < -0.39 is 10.0 Å². The van der Waals surface area contributed by atoms with Crippen LogP contribution in [0.15, 0.2) is 34.0 Å². The summed E-state index contributed by atoms with van der Waals surface area (Å²) in [7, 11) is -3.25. The monoisotopic (exact) mass is 325 g/mol. The van der Waals surface area contributed by atoms with E-state index in [2.05, 4.69) is 10.5 Å². The van der Waals surface area contributed by atoms with Crippen molar-refractivity contribution in [2.75, 3.05) is 19.3 Å². The first kappa shape index (κ1) is 16.4. The third-order valence-corrected chi connectivity index (χ3v) is 4.63. The number of piperidine rings is 1. The Balaban J connectivity index is 1.81. The number of rotatable bonds is 5. The highest BCUT2D eigenvalue weighted by Gasteiger charge is 2.29. The molecule has 1 fully saturated rings. The van der Waals surface area contributed by atoms with E-state index in [9.17, 15) is 13.2 Å². The lowest BCUT2D eigenvalue weighted by atomic mass is 9.99. The van der Waals surface area contributed by atoms with E-state index in [-0.39, 0.29) is 18.4 Å². The van der Waals surface area contributed by atoms with Gasteiger partial charge < -0.3 is 4.42 Å². The van der Waals surface area contributed by atoms with E-state index in [0.29, 0.717) is 25.1 Å². The minimum atomic E-state index is -3.25. The number of nitrogens with one attached hydrogen (secondary N) is 1. The predicted molar refractivity (Wildman–Crippen MR) is 83.5 cm³/mol. The first-order valence-electron chi connectivity index (χ1n) is 6.95. The summed E-state index contributed by atoms with van der Waals surface area (Å²) in [6.07, 6.45) is 8.85. The summed E-state index contributed by atoms with van der Waals surface area (Å²) in [4.78, 5) is 12.0. The van der Waals surface area contributed by atoms with Gasteiger partial charge in [0.25, 0.3) is 0 Å². The Morgan fingerprint density at radius 2 is 2.36 bits per heavy atom. The van der Waals surface area contributed by atoms with Crippen LogP contribution in [0.3, 0.4) is 0 Å². The number of hydrogen-bond acceptors (Lipinski definition) is 5. The lowest BCUT2D eigenvalue weighted by Gasteiger charge is -2.29. The summed E-state index contributed by atoms with van der Waals surface area (Å²) in [5, 5.41) is 3.81. The van der Waals surface area contributed by atoms with Gasteiger partial charge in [0.15, 0.2) is 0 Å². The molecule has 0 radical (unpaired) electrons. The molecule has 2 rings (SSSR count). The molecule has 1 atom stereocenters. The Labute approximate surface area is 129 Å². The van der Waals surface area contributed by atoms with Crippen LogP contribution in [-0.2, 0) is 14.8 Å². The molecule has 0 spiro atoms. The molecule has 0 saturated carbocycles. The second-order valence-electron chi connectivity index (χ2n) is 5.09. The largest absolute Gasteiger partial charge is 0.465 e. The van der Waals surface area contributed by atoms with Crippen molar-refractivity contribution in [2.24, 2.45) is 11.0 Å². The molecule has 0 unspecified atom stereocenters. The van der Waals surface area contributed by atoms with Crippen LogP contribution in [0.25, 0.3) is 6.08 Å². The van der Waals surface area contributed by atoms with Crippen molar-refractivity contribution in [3.05, 3.63) is 30.2 Å². The van der Waals surface area contributed by atoms with E-state index in [4.69, 9.17) is 4.42 Å². The lowest BCUT2D eigenvalue weighted by molar-refractivity contribution is -0.126. The smallest absolute Gasteiger partial charge is 0.244 e. The molecule has 0 bridgehead atoms. The number of hydrazone groups is 1. The van der Waals surface area contributed by atoms with Gasteiger partial charge in [-0.3, -0.25) is 4.79 Å². The second-order valence-corrected chi connectivity index (χ2v) is 7.07. The molecule has 2 heterocycles. The third kappa shape index (κ3) is 4.81. The van der Waals surface area contributed by atoms with Gasteiger partial charge >= 0.3 is 0 Å². The number of nitrogens with zero attached hydrogens (tertiary/aromatic N) is 2. The molecule has 22 heavy (non-hydrogen) atoms. The summed E-state index contributed by atoms with van der Waals surface area (Å²) in [6, 6.07) is 3.57. The maximum Gasteiger partial charge on any atom is 0.244 e. The summed E-state index contributed by atoms with van der Waals surface area (Å²) >= 11 is 0. The molecule has 1 aliphatic heterocycles. The predicted octanol–water partition coefficient (Wildman–Crippen LogP) is 1.07. The molecule has 0 aromatic carbocycles. The normalized spacial score (nSPS) is 20.7. The van der Waals surface area contributed by atoms with Crippen LogP contribution in [-0.4, -0.2) is 44.2 Å². The van der Waals surface area contributed by atoms with Crippen molar-refractivity contribution in [3.63, 3.8) is 0 Å². The summed E-state index contributed by atoms with van der Waals surface area (Å²) in [5.74, 6) is 0.0551. The van der Waals surface area contributed by atoms with Crippen molar-refractivity contribution in [1.29, 1.82) is 0 Å². The number of allylic oxidation sites excluding steroid dienone is 1. The zero-order chi connectivity index (χ0) is 16.0. The average molecular weight is 325 g/mol. The summed E-state index contributed by atoms with van der Waals surface area (Å²) in [5.41, 5.74) is 2.43. The lowest BCUT2D eigenvalue weighted by Crippen LogP contribution is -2.44. The third-order valence-electron chi connectivity index (χ3n) is 3.36. The zero-order valence-electron chi connectivity index (χ0n) is 12.3. The fourth-order valence-corrected chi connectivity index (χ4v) is 3.13. The van der Waals surface area contributed by atoms with Crippen molar-refractivity contribution in [3.8, 4) is 0 Å². The van der Waals surface area contributed by atoms with E-state index in [0.717, 1.165) is 6.26 Å². The Bertz CT molecular complexity index is 650. The molecular weight excluding hydrogens is 306 g/mol. The maximum atomic E-state index is 12.0. The summed E-state index contributed by atoms with van der Waals surface area (Å²) in [6.45, 7) is 0.681. The molecule has 7 nitrogen and oxygen atoms in total. The second kappa shape index (κ2) is 7.37. The first-order chi connectivity index (χ1) is 10.5. The Kier molecular flexibility index (Phi) is 5.51. The van der Waals surface area contributed by atoms with Gasteiger partial charge in [-0.2, -0.15) is 5.10 Å². The fourth-order valence-electron chi connectivity index (χ4n) is 2.22. The van der Waals surface area contributed by atoms with Gasteiger partial charge in [0.05, 0.1) is 18.4 Å². The Hall–Kier alpha value is -1.93. The fraction of sp³-hybridized carbons (Fsp3) is 0.429. The Morgan fingerprint density at radius 3 is 3.05 bits per heavy atom. The van der Waals surface area contributed by atoms with E-state index in [1.165, 1.54) is 10.5 Å². The quantitative estimate of drug-likeness (QED) is 0.647. The van der Waals surface area contributed by atoms with Gasteiger partial charge in [-0.1, -0.05) is 0 Å². The van der Waals surface area contributed by atoms with Gasteiger partial charge in [-0.25, -0.2) is 18.1 Å². The van der Waals surface area contributed by atoms with Crippen LogP contribution >= 0.6 is 0 Å². The molecule has 120 valence electrons. The number of sulfonamides is 1. The standard InChI is InChI=1S/C14H19N3O4S/c1-22(19,20)17-9-3-5-12(11-17)14(18)16-15-8-2-6-13-7-4-10-21-13/h2,4,6-8,10,12H,3,5,9,11H2,1H3,(H,16,18)/b6-2+,15-8-/t12-/m1/s1. The minimum absolute atomic E-state index is 0.211. The molecule has 8 heteroatoms. The minimum Gasteiger partial charge on any atom is -0.465 e. The van der Waals surface area contributed by atoms with Crippen molar-refractivity contribution in [2.45, 2.75) is 12.8 Å². The van der Waals surface area contributed by atoms with Gasteiger partial charge in [0.1, 0.15) is 5.76 Å². The number of carbonyl (C=O) groups excluding carboxylic acids is 1. The Morgan fingerprint density at radius 1 is 1.55 bits per heavy atom. The molecule has 1 aliphatic rings. The van der Waals surface area contributed by atoms with Gasteiger partial charge in [-0.05, 0) is 37.1 Å². The summed E-state index contributed by atoms with van der Waals surface area (Å²) < 4.78 is 29.5. The molecule has 1 aromatic rings. The van der Waals surface area contributed by atoms with Gasteiger partial charge in [0.2, 0.25) is 15.9 Å². The van der Waals surface area contributed by atoms with Crippen molar-refractivity contribution < 1.29 is 17.6 Å². The number of furan rings is 1. The van der Waals surface area contributed by atoms with E-state index in [1.54, 1.807) is 30.5 Å². The first-order valence-corrected chi connectivity index (χ1v) is 8.80. The average Bonchev–Trinajstić information content (AvgIpc) is 2.99. The van der Waals surface area contributed by atoms with Crippen LogP contribution < -0.4 is 5.43 Å². The number of carbonyl (C=O) groups is 1. The number of hydrogen-bond donors (Lipinski definition) is 1. The zero-order valence-corrected chi connectivity index (χ0v) is 13.1. The maximum absolute atomic E-state index is 12.0. The van der Waals surface area contributed by atoms with Gasteiger partial charge in [-0.15, -0.1) is 0 Å². The van der Waals surface area contributed by atoms with Crippen LogP contribution in [0.1, 0.15) is 18.6 Å². The molecule has 1 aromatic heterocycles. The molecule has 1 amide bonds. The van der Waals surface area contributed by atoms with Crippen LogP contribution in [0, 0.1) is 5.92 Å². The highest BCUT2D eigenvalue weighted by molar-refractivity contribution is 7.88. The highest BCUT2D eigenvalue weighted by atomic mass is 32.2. The SMILES string of the molecule is CS(=O)(=O)N1CCC[C@@H](C(=O)N/N=C\C=C\c2ccco2)C1. The molecule has 1 saturated heterocycles. The van der Waals surface area contributed by atoms with Crippen molar-refractivity contribution >= 4 is 28.2 Å². The topological polar surface area (TPSA) is 92.0 Å². The van der Waals surface area contributed by atoms with Gasteiger partial charge in [0, 0.05) is 19.3 Å². The van der Waals surface area contributed by atoms with Crippen molar-refractivity contribution in [1.82, 2.24) is 9.73 Å². The highest BCUT2D eigenvalue weighted by Crippen LogP contribution is 2.18. The molecule has 0 aliphatic carbocycles. The molecule has 1 N–H and O–H groups in total. The van der Waals surface area contributed by atoms with E-state index in [1.807, 2.05) is 0 Å². The molecular formula is C14H19N3O4S. The van der Waals surface area contributed by atoms with Crippen LogP contribution in [0.4, 0.5) is 0 Å². The number of amides is 1. The van der Waals surface area contributed by atoms with Crippen LogP contribution in [0.5, 0.6) is 0 Å².